The van der Waals surface area contributed by atoms with Gasteiger partial charge in [0, 0.05) is 19.6 Å². The van der Waals surface area contributed by atoms with Crippen LogP contribution in [0.15, 0.2) is 0 Å². The molecule has 2 N–H and O–H groups in total. The van der Waals surface area contributed by atoms with Crippen LogP contribution in [0.3, 0.4) is 0 Å². The van der Waals surface area contributed by atoms with Crippen molar-refractivity contribution in [1.82, 2.24) is 4.90 Å². The number of nitrogens with zero attached hydrogens (tertiary/aromatic N) is 1. The van der Waals surface area contributed by atoms with Gasteiger partial charge in [-0.2, -0.15) is 0 Å². The predicted octanol–water partition coefficient (Wildman–Crippen LogP) is 0.217. The lowest BCUT2D eigenvalue weighted by atomic mass is 10.3. The molecule has 4 heteroatoms. The van der Waals surface area contributed by atoms with Gasteiger partial charge < -0.3 is 15.4 Å². The molecule has 0 heterocycles. The molecule has 1 atom stereocenters. The summed E-state index contributed by atoms with van der Waals surface area (Å²) in [4.78, 5) is 13.0. The molecule has 0 aliphatic heterocycles. The normalized spacial score (nSPS) is 13.1. The van der Waals surface area contributed by atoms with Crippen LogP contribution in [0.1, 0.15) is 20.8 Å². The minimum atomic E-state index is -0.0216. The smallest absolute Gasteiger partial charge is 0.248 e. The number of nitrogens with two attached hydrogens (primary N) is 1. The van der Waals surface area contributed by atoms with E-state index < -0.39 is 0 Å². The molecule has 0 bridgehead atoms. The first kappa shape index (κ1) is 12.4. The third kappa shape index (κ3) is 4.85. The van der Waals surface area contributed by atoms with E-state index in [9.17, 15) is 4.79 Å². The minimum absolute atomic E-state index is 0.0216. The molecule has 0 rings (SSSR count). The van der Waals surface area contributed by atoms with E-state index in [1.807, 2.05) is 20.8 Å². The van der Waals surface area contributed by atoms with Gasteiger partial charge in [-0.15, -0.1) is 0 Å². The van der Waals surface area contributed by atoms with Gasteiger partial charge in [0.25, 0.3) is 0 Å². The number of ether oxygens (including phenoxy) is 1. The van der Waals surface area contributed by atoms with Crippen LogP contribution in [0.2, 0.25) is 0 Å². The highest BCUT2D eigenvalue weighted by Gasteiger charge is 2.14. The maximum atomic E-state index is 11.4. The van der Waals surface area contributed by atoms with E-state index in [1.165, 1.54) is 0 Å². The summed E-state index contributed by atoms with van der Waals surface area (Å²) in [5.74, 6) is -0.0216. The fourth-order valence-electron chi connectivity index (χ4n) is 0.744. The van der Waals surface area contributed by atoms with Gasteiger partial charge >= 0.3 is 0 Å². The number of rotatable bonds is 5. The number of hydrogen-bond donors (Lipinski definition) is 1. The second-order valence-electron chi connectivity index (χ2n) is 3.45. The van der Waals surface area contributed by atoms with Gasteiger partial charge in [-0.25, -0.2) is 0 Å². The Kier molecular flexibility index (Phi) is 5.66. The first-order valence-corrected chi connectivity index (χ1v) is 4.56. The highest BCUT2D eigenvalue weighted by atomic mass is 16.5. The van der Waals surface area contributed by atoms with Crippen molar-refractivity contribution in [3.05, 3.63) is 0 Å². The van der Waals surface area contributed by atoms with Crippen LogP contribution in [0.5, 0.6) is 0 Å². The predicted molar refractivity (Wildman–Crippen MR) is 52.4 cm³/mol. The molecule has 4 nitrogen and oxygen atoms in total. The van der Waals surface area contributed by atoms with E-state index in [0.29, 0.717) is 6.54 Å². The maximum Gasteiger partial charge on any atom is 0.248 e. The average Bonchev–Trinajstić information content (AvgIpc) is 2.11. The van der Waals surface area contributed by atoms with Crippen molar-refractivity contribution < 1.29 is 9.53 Å². The van der Waals surface area contributed by atoms with E-state index in [2.05, 4.69) is 0 Å². The molecule has 0 aliphatic rings. The van der Waals surface area contributed by atoms with Crippen LogP contribution in [0.25, 0.3) is 0 Å². The molecular weight excluding hydrogens is 168 g/mol. The van der Waals surface area contributed by atoms with Crippen LogP contribution in [0, 0.1) is 0 Å². The van der Waals surface area contributed by atoms with E-state index >= 15 is 0 Å². The van der Waals surface area contributed by atoms with E-state index in [0.717, 1.165) is 0 Å². The van der Waals surface area contributed by atoms with E-state index in [1.54, 1.807) is 11.9 Å². The summed E-state index contributed by atoms with van der Waals surface area (Å²) in [6.07, 6.45) is 0.0885. The van der Waals surface area contributed by atoms with Crippen LogP contribution in [-0.4, -0.2) is 43.2 Å². The van der Waals surface area contributed by atoms with Crippen molar-refractivity contribution in [2.45, 2.75) is 32.9 Å². The molecule has 0 aromatic carbocycles. The standard InChI is InChI=1S/C9H20N2O2/c1-7(2)13-6-9(12)11(4)8(3)5-10/h7-8H,5-6,10H2,1-4H3. The summed E-state index contributed by atoms with van der Waals surface area (Å²) in [6, 6.07) is 0.0725. The summed E-state index contributed by atoms with van der Waals surface area (Å²) < 4.78 is 5.19. The summed E-state index contributed by atoms with van der Waals surface area (Å²) >= 11 is 0. The molecule has 1 amide bonds. The Balaban J connectivity index is 3.82. The fourth-order valence-corrected chi connectivity index (χ4v) is 0.744. The number of hydrogen-bond acceptors (Lipinski definition) is 3. The van der Waals surface area contributed by atoms with Crippen molar-refractivity contribution in [3.63, 3.8) is 0 Å². The molecule has 0 aromatic rings. The zero-order valence-electron chi connectivity index (χ0n) is 8.91. The van der Waals surface area contributed by atoms with E-state index in [4.69, 9.17) is 10.5 Å². The molecule has 0 aromatic heterocycles. The van der Waals surface area contributed by atoms with Gasteiger partial charge in [0.2, 0.25) is 5.91 Å². The molecule has 0 saturated carbocycles. The first-order valence-electron chi connectivity index (χ1n) is 4.56. The first-order chi connectivity index (χ1) is 5.99. The molecule has 13 heavy (non-hydrogen) atoms. The summed E-state index contributed by atoms with van der Waals surface area (Å²) in [7, 11) is 1.74. The largest absolute Gasteiger partial charge is 0.369 e. The van der Waals surface area contributed by atoms with Crippen LogP contribution in [-0.2, 0) is 9.53 Å². The van der Waals surface area contributed by atoms with Gasteiger partial charge in [-0.3, -0.25) is 4.79 Å². The Labute approximate surface area is 80.0 Å². The highest BCUT2D eigenvalue weighted by Crippen LogP contribution is 1.96. The van der Waals surface area contributed by atoms with E-state index in [-0.39, 0.29) is 24.7 Å². The molecule has 0 radical (unpaired) electrons. The molecule has 78 valence electrons. The number of carbonyl (C=O) groups is 1. The molecular formula is C9H20N2O2. The molecule has 0 spiro atoms. The lowest BCUT2D eigenvalue weighted by Crippen LogP contribution is -2.41. The second-order valence-corrected chi connectivity index (χ2v) is 3.45. The fraction of sp³-hybridized carbons (Fsp3) is 0.889. The number of carbonyl (C=O) groups excluding carboxylic acids is 1. The lowest BCUT2D eigenvalue weighted by molar-refractivity contribution is -0.137. The zero-order chi connectivity index (χ0) is 10.4. The Morgan fingerprint density at radius 1 is 1.46 bits per heavy atom. The molecule has 1 unspecified atom stereocenters. The van der Waals surface area contributed by atoms with Gasteiger partial charge in [0.1, 0.15) is 6.61 Å². The SMILES string of the molecule is CC(C)OCC(=O)N(C)C(C)CN. The molecule has 0 fully saturated rings. The van der Waals surface area contributed by atoms with Gasteiger partial charge in [0.05, 0.1) is 6.10 Å². The lowest BCUT2D eigenvalue weighted by Gasteiger charge is -2.23. The van der Waals surface area contributed by atoms with Crippen LogP contribution in [0.4, 0.5) is 0 Å². The van der Waals surface area contributed by atoms with Crippen molar-refractivity contribution in [1.29, 1.82) is 0 Å². The summed E-state index contributed by atoms with van der Waals surface area (Å²) in [6.45, 7) is 6.33. The van der Waals surface area contributed by atoms with Crippen molar-refractivity contribution in [2.75, 3.05) is 20.2 Å². The Bertz CT molecular complexity index is 160. The maximum absolute atomic E-state index is 11.4. The van der Waals surface area contributed by atoms with Gasteiger partial charge in [0.15, 0.2) is 0 Å². The van der Waals surface area contributed by atoms with Crippen molar-refractivity contribution in [2.24, 2.45) is 5.73 Å². The topological polar surface area (TPSA) is 55.6 Å². The summed E-state index contributed by atoms with van der Waals surface area (Å²) in [5, 5.41) is 0. The van der Waals surface area contributed by atoms with Gasteiger partial charge in [-0.1, -0.05) is 0 Å². The highest BCUT2D eigenvalue weighted by molar-refractivity contribution is 5.77. The van der Waals surface area contributed by atoms with Crippen LogP contribution < -0.4 is 5.73 Å². The average molecular weight is 188 g/mol. The third-order valence-corrected chi connectivity index (χ3v) is 1.94. The van der Waals surface area contributed by atoms with Gasteiger partial charge in [-0.05, 0) is 20.8 Å². The number of amides is 1. The van der Waals surface area contributed by atoms with Crippen molar-refractivity contribution >= 4 is 5.91 Å². The summed E-state index contributed by atoms with van der Waals surface area (Å²) in [5.41, 5.74) is 5.43. The Hall–Kier alpha value is -0.610. The monoisotopic (exact) mass is 188 g/mol. The number of likely N-dealkylation sites (N-methyl/N-ethyl adjacent to an activating group) is 1. The Morgan fingerprint density at radius 2 is 2.00 bits per heavy atom. The molecule has 0 aliphatic carbocycles. The molecule has 0 saturated heterocycles. The quantitative estimate of drug-likeness (QED) is 0.671. The second kappa shape index (κ2) is 5.94. The van der Waals surface area contributed by atoms with Crippen LogP contribution >= 0.6 is 0 Å². The van der Waals surface area contributed by atoms with Crippen molar-refractivity contribution in [3.8, 4) is 0 Å². The Morgan fingerprint density at radius 3 is 2.38 bits per heavy atom. The minimum Gasteiger partial charge on any atom is -0.369 e. The zero-order valence-corrected chi connectivity index (χ0v) is 8.91. The third-order valence-electron chi connectivity index (χ3n) is 1.94.